The molecular formula is C14H16N4. The van der Waals surface area contributed by atoms with Gasteiger partial charge >= 0.3 is 0 Å². The van der Waals surface area contributed by atoms with E-state index in [-0.39, 0.29) is 0 Å². The molecule has 92 valence electrons. The lowest BCUT2D eigenvalue weighted by molar-refractivity contribution is 0.929. The Morgan fingerprint density at radius 3 is 2.56 bits per heavy atom. The zero-order valence-electron chi connectivity index (χ0n) is 10.8. The van der Waals surface area contributed by atoms with Crippen LogP contribution >= 0.6 is 0 Å². The molecule has 0 amide bonds. The summed E-state index contributed by atoms with van der Waals surface area (Å²) in [7, 11) is 4.00. The third kappa shape index (κ3) is 1.35. The average molecular weight is 240 g/mol. The zero-order valence-corrected chi connectivity index (χ0v) is 10.8. The highest BCUT2D eigenvalue weighted by atomic mass is 15.1. The van der Waals surface area contributed by atoms with Gasteiger partial charge in [0.05, 0.1) is 5.69 Å². The van der Waals surface area contributed by atoms with Gasteiger partial charge < -0.3 is 14.9 Å². The first-order valence-electron chi connectivity index (χ1n) is 5.93. The van der Waals surface area contributed by atoms with Gasteiger partial charge in [0.2, 0.25) is 0 Å². The number of aromatic nitrogens is 3. The fourth-order valence-corrected chi connectivity index (χ4v) is 2.41. The van der Waals surface area contributed by atoms with Crippen molar-refractivity contribution < 1.29 is 0 Å². The molecule has 0 radical (unpaired) electrons. The lowest BCUT2D eigenvalue weighted by atomic mass is 10.1. The largest absolute Gasteiger partial charge is 0.384 e. The van der Waals surface area contributed by atoms with Crippen LogP contribution in [0.5, 0.6) is 0 Å². The van der Waals surface area contributed by atoms with Gasteiger partial charge in [-0.3, -0.25) is 0 Å². The smallest absolute Gasteiger partial charge is 0.143 e. The Morgan fingerprint density at radius 2 is 1.89 bits per heavy atom. The highest BCUT2D eigenvalue weighted by Gasteiger charge is 2.15. The quantitative estimate of drug-likeness (QED) is 0.710. The molecule has 1 aromatic carbocycles. The molecule has 2 aromatic heterocycles. The van der Waals surface area contributed by atoms with Gasteiger partial charge in [-0.15, -0.1) is 0 Å². The number of hydrogen-bond donors (Lipinski definition) is 1. The maximum absolute atomic E-state index is 5.98. The number of nitrogens with two attached hydrogens (primary N) is 1. The number of rotatable bonds is 1. The molecule has 3 rings (SSSR count). The molecule has 0 bridgehead atoms. The van der Waals surface area contributed by atoms with Crippen molar-refractivity contribution in [3.63, 3.8) is 0 Å². The maximum atomic E-state index is 5.98. The summed E-state index contributed by atoms with van der Waals surface area (Å²) < 4.78 is 4.06. The van der Waals surface area contributed by atoms with Crippen LogP contribution in [-0.2, 0) is 14.1 Å². The van der Waals surface area contributed by atoms with E-state index in [4.69, 9.17) is 5.73 Å². The van der Waals surface area contributed by atoms with Gasteiger partial charge in [-0.1, -0.05) is 18.2 Å². The number of benzene rings is 1. The first-order chi connectivity index (χ1) is 8.59. The van der Waals surface area contributed by atoms with E-state index in [1.54, 1.807) is 0 Å². The minimum absolute atomic E-state index is 0.720. The number of para-hydroxylation sites is 1. The van der Waals surface area contributed by atoms with Crippen molar-refractivity contribution in [3.8, 4) is 11.4 Å². The van der Waals surface area contributed by atoms with E-state index in [1.165, 1.54) is 10.9 Å². The summed E-state index contributed by atoms with van der Waals surface area (Å²) in [5.41, 5.74) is 9.18. The van der Waals surface area contributed by atoms with Crippen LogP contribution in [0.1, 0.15) is 5.69 Å². The van der Waals surface area contributed by atoms with Crippen LogP contribution in [0.15, 0.2) is 30.5 Å². The van der Waals surface area contributed by atoms with Gasteiger partial charge in [0.25, 0.3) is 0 Å². The number of imidazole rings is 1. The van der Waals surface area contributed by atoms with Gasteiger partial charge in [-0.2, -0.15) is 0 Å². The molecule has 0 spiro atoms. The first-order valence-corrected chi connectivity index (χ1v) is 5.93. The van der Waals surface area contributed by atoms with Crippen molar-refractivity contribution in [2.24, 2.45) is 14.1 Å². The number of anilines is 1. The topological polar surface area (TPSA) is 48.8 Å². The zero-order chi connectivity index (χ0) is 12.9. The lowest BCUT2D eigenvalue weighted by Gasteiger charge is -2.01. The Bertz CT molecular complexity index is 734. The molecule has 0 saturated carbocycles. The van der Waals surface area contributed by atoms with Gasteiger partial charge in [0.15, 0.2) is 0 Å². The molecule has 0 atom stereocenters. The number of nitrogens with zero attached hydrogens (tertiary/aromatic N) is 3. The molecule has 0 aliphatic carbocycles. The summed E-state index contributed by atoms with van der Waals surface area (Å²) in [6, 6.07) is 8.32. The van der Waals surface area contributed by atoms with Gasteiger partial charge in [-0.05, 0) is 13.0 Å². The second kappa shape index (κ2) is 3.63. The number of aryl methyl sites for hydroxylation is 2. The van der Waals surface area contributed by atoms with Crippen LogP contribution in [-0.4, -0.2) is 14.1 Å². The minimum Gasteiger partial charge on any atom is -0.384 e. The van der Waals surface area contributed by atoms with E-state index in [0.29, 0.717) is 0 Å². The fraction of sp³-hybridized carbons (Fsp3) is 0.214. The predicted octanol–water partition coefficient (Wildman–Crippen LogP) is 2.47. The summed E-state index contributed by atoms with van der Waals surface area (Å²) in [6.45, 7) is 1.93. The molecular weight excluding hydrogens is 224 g/mol. The molecule has 0 saturated heterocycles. The molecule has 4 nitrogen and oxygen atoms in total. The summed E-state index contributed by atoms with van der Waals surface area (Å²) in [4.78, 5) is 4.57. The molecule has 0 aliphatic heterocycles. The van der Waals surface area contributed by atoms with E-state index < -0.39 is 0 Å². The van der Waals surface area contributed by atoms with Crippen molar-refractivity contribution in [1.82, 2.24) is 14.1 Å². The Balaban J connectivity index is 2.35. The average Bonchev–Trinajstić information content (AvgIpc) is 2.83. The van der Waals surface area contributed by atoms with Crippen LogP contribution in [0.25, 0.3) is 22.3 Å². The second-order valence-corrected chi connectivity index (χ2v) is 4.64. The van der Waals surface area contributed by atoms with Crippen molar-refractivity contribution in [2.45, 2.75) is 6.92 Å². The monoisotopic (exact) mass is 240 g/mol. The molecule has 0 unspecified atom stereocenters. The van der Waals surface area contributed by atoms with Gasteiger partial charge in [0, 0.05) is 36.8 Å². The van der Waals surface area contributed by atoms with Crippen molar-refractivity contribution in [3.05, 3.63) is 36.2 Å². The SMILES string of the molecule is Cc1nc(-c2cn(C)c3ccccc23)n(C)c1N. The molecule has 4 heteroatoms. The third-order valence-corrected chi connectivity index (χ3v) is 3.46. The Morgan fingerprint density at radius 1 is 1.17 bits per heavy atom. The van der Waals surface area contributed by atoms with Crippen LogP contribution < -0.4 is 5.73 Å². The van der Waals surface area contributed by atoms with Crippen LogP contribution in [0.3, 0.4) is 0 Å². The van der Waals surface area contributed by atoms with Crippen LogP contribution in [0, 0.1) is 6.92 Å². The Kier molecular flexibility index (Phi) is 2.20. The number of fused-ring (bicyclic) bond motifs is 1. The van der Waals surface area contributed by atoms with E-state index in [2.05, 4.69) is 27.9 Å². The first kappa shape index (κ1) is 10.9. The summed E-state index contributed by atoms with van der Waals surface area (Å²) in [5.74, 6) is 1.64. The second-order valence-electron chi connectivity index (χ2n) is 4.64. The Labute approximate surface area is 106 Å². The number of hydrogen-bond acceptors (Lipinski definition) is 2. The van der Waals surface area contributed by atoms with Crippen molar-refractivity contribution in [1.29, 1.82) is 0 Å². The minimum atomic E-state index is 0.720. The molecule has 0 aliphatic rings. The molecule has 2 N–H and O–H groups in total. The van der Waals surface area contributed by atoms with E-state index in [1.807, 2.05) is 37.7 Å². The predicted molar refractivity (Wildman–Crippen MR) is 74.3 cm³/mol. The maximum Gasteiger partial charge on any atom is 0.143 e. The van der Waals surface area contributed by atoms with Gasteiger partial charge in [-0.25, -0.2) is 4.98 Å². The van der Waals surface area contributed by atoms with Crippen LogP contribution in [0.2, 0.25) is 0 Å². The molecule has 0 fully saturated rings. The van der Waals surface area contributed by atoms with Crippen molar-refractivity contribution in [2.75, 3.05) is 5.73 Å². The lowest BCUT2D eigenvalue weighted by Crippen LogP contribution is -1.98. The Hall–Kier alpha value is -2.23. The normalized spacial score (nSPS) is 11.3. The highest BCUT2D eigenvalue weighted by molar-refractivity contribution is 5.94. The van der Waals surface area contributed by atoms with Crippen LogP contribution in [0.4, 0.5) is 5.82 Å². The highest BCUT2D eigenvalue weighted by Crippen LogP contribution is 2.30. The standard InChI is InChI=1S/C14H16N4/c1-9-13(15)18(3)14(16-9)11-8-17(2)12-7-5-4-6-10(11)12/h4-8H,15H2,1-3H3. The summed E-state index contributed by atoms with van der Waals surface area (Å²) in [5, 5.41) is 1.20. The molecule has 3 aromatic rings. The molecule has 18 heavy (non-hydrogen) atoms. The number of nitrogen functional groups attached to an aromatic ring is 1. The van der Waals surface area contributed by atoms with Crippen molar-refractivity contribution >= 4 is 16.7 Å². The van der Waals surface area contributed by atoms with Gasteiger partial charge in [0.1, 0.15) is 11.6 Å². The van der Waals surface area contributed by atoms with E-state index in [0.717, 1.165) is 22.9 Å². The summed E-state index contributed by atoms with van der Waals surface area (Å²) >= 11 is 0. The van der Waals surface area contributed by atoms with E-state index >= 15 is 0 Å². The third-order valence-electron chi connectivity index (χ3n) is 3.46. The summed E-state index contributed by atoms with van der Waals surface area (Å²) in [6.07, 6.45) is 2.10. The molecule has 2 heterocycles. The van der Waals surface area contributed by atoms with E-state index in [9.17, 15) is 0 Å². The fourth-order valence-electron chi connectivity index (χ4n) is 2.41.